The summed E-state index contributed by atoms with van der Waals surface area (Å²) in [5.41, 5.74) is 0.518. The summed E-state index contributed by atoms with van der Waals surface area (Å²) in [5.74, 6) is -3.68. The molecule has 26 heavy (non-hydrogen) atoms. The van der Waals surface area contributed by atoms with Gasteiger partial charge in [0, 0.05) is 0 Å². The lowest BCUT2D eigenvalue weighted by atomic mass is 9.78. The molecule has 0 aliphatic heterocycles. The van der Waals surface area contributed by atoms with Crippen LogP contribution >= 0.6 is 0 Å². The molecule has 1 fully saturated rings. The average Bonchev–Trinajstić information content (AvgIpc) is 2.64. The minimum absolute atomic E-state index is 0.279. The molecule has 0 bridgehead atoms. The molecule has 0 spiro atoms. The third-order valence-electron chi connectivity index (χ3n) is 5.22. The summed E-state index contributed by atoms with van der Waals surface area (Å²) in [7, 11) is 0. The zero-order valence-electron chi connectivity index (χ0n) is 14.6. The molecule has 0 heterocycles. The van der Waals surface area contributed by atoms with E-state index in [4.69, 9.17) is 4.74 Å². The Bertz CT molecular complexity index is 776. The molecule has 2 aromatic carbocycles. The van der Waals surface area contributed by atoms with Crippen LogP contribution in [0.5, 0.6) is 5.75 Å². The van der Waals surface area contributed by atoms with E-state index in [0.29, 0.717) is 0 Å². The summed E-state index contributed by atoms with van der Waals surface area (Å²) in [6.07, 6.45) is 5.42. The quantitative estimate of drug-likeness (QED) is 0.492. The molecular formula is C21H21F3O2. The van der Waals surface area contributed by atoms with Gasteiger partial charge < -0.3 is 4.74 Å². The number of carbonyl (C=O) groups excluding carboxylic acids is 1. The monoisotopic (exact) mass is 362 g/mol. The van der Waals surface area contributed by atoms with Crippen molar-refractivity contribution in [1.29, 1.82) is 0 Å². The second-order valence-corrected chi connectivity index (χ2v) is 6.81. The zero-order chi connectivity index (χ0) is 18.7. The molecule has 138 valence electrons. The maximum absolute atomic E-state index is 14.4. The van der Waals surface area contributed by atoms with Crippen LogP contribution < -0.4 is 4.74 Å². The minimum Gasteiger partial charge on any atom is -0.417 e. The van der Waals surface area contributed by atoms with Gasteiger partial charge in [-0.25, -0.2) is 18.0 Å². The highest BCUT2D eigenvalue weighted by Gasteiger charge is 2.24. The van der Waals surface area contributed by atoms with Gasteiger partial charge in [0.25, 0.3) is 0 Å². The zero-order valence-corrected chi connectivity index (χ0v) is 14.6. The van der Waals surface area contributed by atoms with Gasteiger partial charge in [-0.1, -0.05) is 25.5 Å². The first-order valence-corrected chi connectivity index (χ1v) is 8.95. The van der Waals surface area contributed by atoms with Gasteiger partial charge in [0.2, 0.25) is 5.75 Å². The normalized spacial score (nSPS) is 20.0. The lowest BCUT2D eigenvalue weighted by Gasteiger charge is -2.28. The third kappa shape index (κ3) is 3.92. The summed E-state index contributed by atoms with van der Waals surface area (Å²) in [5, 5.41) is 0. The summed E-state index contributed by atoms with van der Waals surface area (Å²) >= 11 is 0. The van der Waals surface area contributed by atoms with E-state index in [1.165, 1.54) is 18.6 Å². The van der Waals surface area contributed by atoms with E-state index in [1.807, 2.05) is 0 Å². The molecule has 2 nitrogen and oxygen atoms in total. The van der Waals surface area contributed by atoms with Crippen molar-refractivity contribution in [1.82, 2.24) is 0 Å². The Morgan fingerprint density at radius 3 is 2.23 bits per heavy atom. The Balaban J connectivity index is 1.74. The predicted octanol–water partition coefficient (Wildman–Crippen LogP) is 6.01. The number of ether oxygens (including phenoxy) is 1. The Morgan fingerprint density at radius 2 is 1.65 bits per heavy atom. The Labute approximate surface area is 151 Å². The van der Waals surface area contributed by atoms with Crippen LogP contribution in [0.4, 0.5) is 13.2 Å². The van der Waals surface area contributed by atoms with Crippen LogP contribution in [0.1, 0.15) is 60.9 Å². The van der Waals surface area contributed by atoms with Crippen LogP contribution in [0.25, 0.3) is 0 Å². The highest BCUT2D eigenvalue weighted by atomic mass is 19.1. The molecular weight excluding hydrogens is 341 g/mol. The topological polar surface area (TPSA) is 26.3 Å². The molecule has 5 heteroatoms. The maximum atomic E-state index is 14.4. The summed E-state index contributed by atoms with van der Waals surface area (Å²) in [4.78, 5) is 12.1. The maximum Gasteiger partial charge on any atom is 0.346 e. The second kappa shape index (κ2) is 7.94. The number of esters is 1. The lowest BCUT2D eigenvalue weighted by Crippen LogP contribution is -2.15. The largest absolute Gasteiger partial charge is 0.417 e. The predicted molar refractivity (Wildman–Crippen MR) is 92.7 cm³/mol. The fourth-order valence-electron chi connectivity index (χ4n) is 3.58. The van der Waals surface area contributed by atoms with E-state index < -0.39 is 29.2 Å². The van der Waals surface area contributed by atoms with E-state index in [9.17, 15) is 18.0 Å². The lowest BCUT2D eigenvalue weighted by molar-refractivity contribution is 0.0715. The van der Waals surface area contributed by atoms with Crippen molar-refractivity contribution in [2.24, 2.45) is 5.92 Å². The highest BCUT2D eigenvalue weighted by Crippen LogP contribution is 2.37. The molecule has 3 rings (SSSR count). The van der Waals surface area contributed by atoms with Gasteiger partial charge in [-0.2, -0.15) is 0 Å². The highest BCUT2D eigenvalue weighted by molar-refractivity contribution is 5.91. The van der Waals surface area contributed by atoms with Gasteiger partial charge in [-0.3, -0.25) is 0 Å². The van der Waals surface area contributed by atoms with Gasteiger partial charge in [-0.05, 0) is 67.3 Å². The van der Waals surface area contributed by atoms with Gasteiger partial charge >= 0.3 is 5.97 Å². The number of benzene rings is 2. The Kier molecular flexibility index (Phi) is 5.64. The van der Waals surface area contributed by atoms with Gasteiger partial charge in [0.05, 0.1) is 5.56 Å². The number of rotatable bonds is 4. The number of hydrogen-bond donors (Lipinski definition) is 0. The van der Waals surface area contributed by atoms with Crippen LogP contribution in [0.2, 0.25) is 0 Å². The molecule has 0 aromatic heterocycles. The SMILES string of the molecule is CC[C@H]1CC[C@H](c2ccc(C(=O)Oc3c(F)cccc3F)c(F)c2)CC1. The second-order valence-electron chi connectivity index (χ2n) is 6.81. The van der Waals surface area contributed by atoms with Crippen LogP contribution in [0.3, 0.4) is 0 Å². The average molecular weight is 362 g/mol. The standard InChI is InChI=1S/C21H21F3O2/c1-2-13-6-8-14(9-7-13)15-10-11-16(19(24)12-15)21(25)26-20-17(22)4-3-5-18(20)23/h3-5,10-14H,2,6-9H2,1H3/t13-,14-. The molecule has 2 aromatic rings. The summed E-state index contributed by atoms with van der Waals surface area (Å²) < 4.78 is 46.3. The van der Waals surface area contributed by atoms with E-state index >= 15 is 0 Å². The molecule has 0 radical (unpaired) electrons. The molecule has 0 N–H and O–H groups in total. The van der Waals surface area contributed by atoms with Crippen molar-refractivity contribution in [2.75, 3.05) is 0 Å². The summed E-state index contributed by atoms with van der Waals surface area (Å²) in [6, 6.07) is 7.47. The van der Waals surface area contributed by atoms with Gasteiger partial charge in [0.15, 0.2) is 11.6 Å². The number of hydrogen-bond acceptors (Lipinski definition) is 2. The minimum atomic E-state index is -1.12. The molecule has 0 unspecified atom stereocenters. The molecule has 1 aliphatic rings. The van der Waals surface area contributed by atoms with Crippen LogP contribution in [-0.2, 0) is 0 Å². The third-order valence-corrected chi connectivity index (χ3v) is 5.22. The van der Waals surface area contributed by atoms with Crippen molar-refractivity contribution in [2.45, 2.75) is 44.9 Å². The fourth-order valence-corrected chi connectivity index (χ4v) is 3.58. The van der Waals surface area contributed by atoms with Crippen LogP contribution in [-0.4, -0.2) is 5.97 Å². The smallest absolute Gasteiger partial charge is 0.346 e. The van der Waals surface area contributed by atoms with E-state index in [-0.39, 0.29) is 11.5 Å². The molecule has 0 atom stereocenters. The molecule has 0 amide bonds. The van der Waals surface area contributed by atoms with E-state index in [0.717, 1.165) is 55.4 Å². The number of halogens is 3. The van der Waals surface area contributed by atoms with Crippen molar-refractivity contribution >= 4 is 5.97 Å². The number of para-hydroxylation sites is 1. The molecule has 1 aliphatic carbocycles. The van der Waals surface area contributed by atoms with Crippen molar-refractivity contribution in [3.05, 3.63) is 65.0 Å². The molecule has 0 saturated heterocycles. The number of carbonyl (C=O) groups is 1. The Hall–Kier alpha value is -2.30. The van der Waals surface area contributed by atoms with E-state index in [1.54, 1.807) is 6.07 Å². The van der Waals surface area contributed by atoms with Crippen molar-refractivity contribution < 1.29 is 22.7 Å². The van der Waals surface area contributed by atoms with Gasteiger partial charge in [0.1, 0.15) is 5.82 Å². The first-order valence-electron chi connectivity index (χ1n) is 8.95. The first-order chi connectivity index (χ1) is 12.5. The van der Waals surface area contributed by atoms with Crippen molar-refractivity contribution in [3.8, 4) is 5.75 Å². The fraction of sp³-hybridized carbons (Fsp3) is 0.381. The first kappa shape index (κ1) is 18.5. The van der Waals surface area contributed by atoms with Crippen molar-refractivity contribution in [3.63, 3.8) is 0 Å². The van der Waals surface area contributed by atoms with E-state index in [2.05, 4.69) is 6.92 Å². The van der Waals surface area contributed by atoms with Crippen LogP contribution in [0, 0.1) is 23.4 Å². The van der Waals surface area contributed by atoms with Gasteiger partial charge in [-0.15, -0.1) is 0 Å². The molecule has 1 saturated carbocycles. The Morgan fingerprint density at radius 1 is 1.00 bits per heavy atom. The summed E-state index contributed by atoms with van der Waals surface area (Å²) in [6.45, 7) is 2.18. The van der Waals surface area contributed by atoms with Crippen LogP contribution in [0.15, 0.2) is 36.4 Å².